The smallest absolute Gasteiger partial charge is 0.335 e. The van der Waals surface area contributed by atoms with Gasteiger partial charge < -0.3 is 124 Å². The molecule has 0 aromatic rings. The van der Waals surface area contributed by atoms with Crippen LogP contribution in [0.3, 0.4) is 0 Å². The largest absolute Gasteiger partial charge is 0.479 e. The number of carboxylic acids is 1. The number of esters is 2. The van der Waals surface area contributed by atoms with Crippen molar-refractivity contribution in [2.24, 2.45) is 50.2 Å². The first kappa shape index (κ1) is 67.2. The Balaban J connectivity index is 0.934. The molecular formula is C59H92O28. The van der Waals surface area contributed by atoms with Gasteiger partial charge in [0, 0.05) is 0 Å². The second-order valence-corrected chi connectivity index (χ2v) is 28.1. The first-order valence-corrected chi connectivity index (χ1v) is 30.6. The Morgan fingerprint density at radius 2 is 1.17 bits per heavy atom. The molecule has 10 rings (SSSR count). The lowest BCUT2D eigenvalue weighted by Gasteiger charge is -2.71. The third kappa shape index (κ3) is 11.1. The number of carbonyl (C=O) groups is 3. The van der Waals surface area contributed by atoms with E-state index in [2.05, 4.69) is 26.8 Å². The van der Waals surface area contributed by atoms with Crippen LogP contribution in [0.15, 0.2) is 11.6 Å². The number of hydrogen-bond acceptors (Lipinski definition) is 27. The number of rotatable bonds is 13. The lowest BCUT2D eigenvalue weighted by molar-refractivity contribution is -0.395. The van der Waals surface area contributed by atoms with Gasteiger partial charge in [0.05, 0.1) is 50.0 Å². The molecule has 0 aromatic heterocycles. The van der Waals surface area contributed by atoms with Crippen LogP contribution in [0, 0.1) is 50.2 Å². The van der Waals surface area contributed by atoms with Crippen LogP contribution in [0.4, 0.5) is 0 Å². The first-order chi connectivity index (χ1) is 40.7. The van der Waals surface area contributed by atoms with Crippen molar-refractivity contribution < 1.29 is 138 Å². The molecule has 87 heavy (non-hydrogen) atoms. The Morgan fingerprint density at radius 3 is 1.78 bits per heavy atom. The molecule has 0 aromatic carbocycles. The van der Waals surface area contributed by atoms with Crippen LogP contribution in [0.5, 0.6) is 0 Å². The molecule has 28 nitrogen and oxygen atoms in total. The summed E-state index contributed by atoms with van der Waals surface area (Å²) in [6.07, 6.45) is -34.3. The fraction of sp³-hybridized carbons (Fsp3) is 0.915. The van der Waals surface area contributed by atoms with Crippen molar-refractivity contribution in [2.45, 2.75) is 260 Å². The highest BCUT2D eigenvalue weighted by molar-refractivity contribution is 5.81. The van der Waals surface area contributed by atoms with Gasteiger partial charge in [-0.3, -0.25) is 9.59 Å². The molecule has 4 saturated carbocycles. The van der Waals surface area contributed by atoms with Crippen LogP contribution in [-0.4, -0.2) is 264 Å². The second kappa shape index (κ2) is 24.6. The van der Waals surface area contributed by atoms with Gasteiger partial charge in [0.1, 0.15) is 97.7 Å². The number of aliphatic carboxylic acids is 1. The fourth-order valence-electron chi connectivity index (χ4n) is 17.6. The quantitative estimate of drug-likeness (QED) is 0.0508. The summed E-state index contributed by atoms with van der Waals surface area (Å²) >= 11 is 0. The summed E-state index contributed by atoms with van der Waals surface area (Å²) in [5.74, 6) is -3.36. The van der Waals surface area contributed by atoms with Crippen molar-refractivity contribution >= 4 is 17.9 Å². The number of methoxy groups -OCH3 is 1. The van der Waals surface area contributed by atoms with Crippen LogP contribution in [0.2, 0.25) is 0 Å². The third-order valence-corrected chi connectivity index (χ3v) is 23.1. The molecule has 5 heterocycles. The topological polar surface area (TPSA) is 436 Å². The number of hydrogen-bond donors (Lipinski definition) is 14. The first-order valence-electron chi connectivity index (χ1n) is 30.6. The standard InChI is InChI=1S/C59H92O28/c1-23-32(63)42(83-47-37(68)33(64)26(61)21-78-47)41(72)50(80-23)84-43-40(71)44(46(73)74)85-51(45(43)86-48-38(69)34(65)27(62)22-79-48)82-31-12-13-56(5)29(54(31,2)3)11-14-58(7)30(56)10-9-24-25-19-55(4,52(75)77-8)15-17-59(25,18-16-57(24,58)6)53(76)87-49-39(70)36(67)35(66)28(20-60)81-49/h9,23,25-45,47-51,60-72H,10-22H2,1-8H3,(H,73,74)/t23-,25-,26+,27+,28+,29-,30+,31-,32-,33-,34-,35+,36-,37+,38+,39+,40-,41+,42+,43-,44-,45+,47-,48-,49-,50-,51+,55-,56-,57+,58+,59-/m0/s1. The minimum atomic E-state index is -2.16. The van der Waals surface area contributed by atoms with Gasteiger partial charge in [-0.25, -0.2) is 4.79 Å². The second-order valence-electron chi connectivity index (χ2n) is 28.1. The Hall–Kier alpha value is -2.73. The Bertz CT molecular complexity index is 2520. The number of fused-ring (bicyclic) bond motifs is 7. The van der Waals surface area contributed by atoms with Gasteiger partial charge in [0.15, 0.2) is 31.3 Å². The normalized spacial score (nSPS) is 53.3. The van der Waals surface area contributed by atoms with E-state index in [0.717, 1.165) is 5.57 Å². The summed E-state index contributed by atoms with van der Waals surface area (Å²) in [5.41, 5.74) is -3.27. The number of aliphatic hydroxyl groups is 13. The maximum atomic E-state index is 15.0. The zero-order valence-electron chi connectivity index (χ0n) is 50.3. The molecule has 5 aliphatic carbocycles. The van der Waals surface area contributed by atoms with Crippen molar-refractivity contribution in [2.75, 3.05) is 26.9 Å². The fourth-order valence-corrected chi connectivity index (χ4v) is 17.6. The van der Waals surface area contributed by atoms with E-state index in [0.29, 0.717) is 44.9 Å². The number of ether oxygens (including phenoxy) is 11. The zero-order valence-corrected chi connectivity index (χ0v) is 50.3. The number of carboxylic acid groups (broad SMARTS) is 1. The Kier molecular flexibility index (Phi) is 19.0. The van der Waals surface area contributed by atoms with E-state index >= 15 is 0 Å². The van der Waals surface area contributed by atoms with E-state index in [4.69, 9.17) is 52.1 Å². The average molecular weight is 1250 g/mol. The average Bonchev–Trinajstić information content (AvgIpc) is 0.692. The summed E-state index contributed by atoms with van der Waals surface area (Å²) in [4.78, 5) is 41.7. The van der Waals surface area contributed by atoms with Crippen molar-refractivity contribution in [3.63, 3.8) is 0 Å². The molecule has 14 N–H and O–H groups in total. The van der Waals surface area contributed by atoms with Crippen LogP contribution >= 0.6 is 0 Å². The molecule has 0 unspecified atom stereocenters. The van der Waals surface area contributed by atoms with Gasteiger partial charge in [-0.1, -0.05) is 46.3 Å². The molecule has 496 valence electrons. The highest BCUT2D eigenvalue weighted by atomic mass is 16.8. The minimum absolute atomic E-state index is 0.0279. The van der Waals surface area contributed by atoms with Crippen molar-refractivity contribution in [1.29, 1.82) is 0 Å². The highest BCUT2D eigenvalue weighted by Gasteiger charge is 2.71. The van der Waals surface area contributed by atoms with Gasteiger partial charge in [-0.15, -0.1) is 0 Å². The number of allylic oxidation sites excluding steroid dienone is 2. The van der Waals surface area contributed by atoms with E-state index < -0.39 is 224 Å². The predicted octanol–water partition coefficient (Wildman–Crippen LogP) is -2.66. The molecule has 28 heteroatoms. The maximum Gasteiger partial charge on any atom is 0.335 e. The van der Waals surface area contributed by atoms with Crippen molar-refractivity contribution in [3.8, 4) is 0 Å². The molecule has 0 amide bonds. The Morgan fingerprint density at radius 1 is 0.575 bits per heavy atom. The summed E-state index contributed by atoms with van der Waals surface area (Å²) in [7, 11) is 1.33. The van der Waals surface area contributed by atoms with Gasteiger partial charge in [-0.2, -0.15) is 0 Å². The summed E-state index contributed by atoms with van der Waals surface area (Å²) in [6, 6.07) is 0. The van der Waals surface area contributed by atoms with Crippen molar-refractivity contribution in [1.82, 2.24) is 0 Å². The molecule has 0 spiro atoms. The van der Waals surface area contributed by atoms with Crippen LogP contribution in [0.1, 0.15) is 113 Å². The van der Waals surface area contributed by atoms with E-state index in [-0.39, 0.29) is 31.1 Å². The minimum Gasteiger partial charge on any atom is -0.479 e. The monoisotopic (exact) mass is 1250 g/mol. The lowest BCUT2D eigenvalue weighted by atomic mass is 9.33. The summed E-state index contributed by atoms with van der Waals surface area (Å²) in [6.45, 7) is 12.4. The van der Waals surface area contributed by atoms with E-state index in [1.54, 1.807) is 0 Å². The third-order valence-electron chi connectivity index (χ3n) is 23.1. The molecule has 10 aliphatic rings. The predicted molar refractivity (Wildman–Crippen MR) is 289 cm³/mol. The van der Waals surface area contributed by atoms with Crippen LogP contribution in [-0.2, 0) is 66.5 Å². The van der Waals surface area contributed by atoms with Crippen LogP contribution < -0.4 is 0 Å². The van der Waals surface area contributed by atoms with Crippen molar-refractivity contribution in [3.05, 3.63) is 11.6 Å². The van der Waals surface area contributed by atoms with E-state index in [1.807, 2.05) is 20.8 Å². The number of carbonyl (C=O) groups excluding carboxylic acids is 2. The maximum absolute atomic E-state index is 15.0. The Labute approximate surface area is 503 Å². The van der Waals surface area contributed by atoms with Crippen LogP contribution in [0.25, 0.3) is 0 Å². The van der Waals surface area contributed by atoms with E-state index in [1.165, 1.54) is 14.0 Å². The molecule has 9 fully saturated rings. The molecule has 5 saturated heterocycles. The van der Waals surface area contributed by atoms with E-state index in [9.17, 15) is 85.9 Å². The highest BCUT2D eigenvalue weighted by Crippen LogP contribution is 2.76. The SMILES string of the molecule is COC(=O)[C@@]1(C)CC[C@]2(C(=O)O[C@@H]3O[C@H](CO)[C@@H](O)[C@H](O)[C@H]3O)CC[C@]3(C)C(=CC[C@@H]4[C@@]5(C)CC[C@H](O[C@@H]6O[C@H](C(=O)O)[C@@H](O)[C@H](O[C@@H]7O[C@@H](C)[C@H](O)[C@@H](O[C@@H]8OC[C@@H](O)[C@H](O)[C@H]8O)[C@H]7O)[C@H]6O[C@@H]6OC[C@@H](O)[C@H](O)[C@H]6O)C(C)(C)[C@@H]5CC[C@]43C)[C@@H]2C1. The lowest BCUT2D eigenvalue weighted by Crippen LogP contribution is -2.68. The van der Waals surface area contributed by atoms with Gasteiger partial charge >= 0.3 is 17.9 Å². The molecular weight excluding hydrogens is 1160 g/mol. The molecule has 5 aliphatic heterocycles. The molecule has 0 bridgehead atoms. The van der Waals surface area contributed by atoms with Gasteiger partial charge in [-0.05, 0) is 117 Å². The summed E-state index contributed by atoms with van der Waals surface area (Å²) in [5, 5.41) is 151. The van der Waals surface area contributed by atoms with Gasteiger partial charge in [0.2, 0.25) is 6.29 Å². The summed E-state index contributed by atoms with van der Waals surface area (Å²) < 4.78 is 65.5. The zero-order chi connectivity index (χ0) is 63.6. The number of aliphatic hydroxyl groups excluding tert-OH is 13. The molecule has 32 atom stereocenters. The molecule has 0 radical (unpaired) electrons. The van der Waals surface area contributed by atoms with Gasteiger partial charge in [0.25, 0.3) is 0 Å².